The van der Waals surface area contributed by atoms with Crippen molar-refractivity contribution in [2.24, 2.45) is 0 Å². The Morgan fingerprint density at radius 3 is 2.53 bits per heavy atom. The summed E-state index contributed by atoms with van der Waals surface area (Å²) in [6.07, 6.45) is 3.05. The van der Waals surface area contributed by atoms with E-state index in [1.165, 1.54) is 15.7 Å². The van der Waals surface area contributed by atoms with E-state index in [2.05, 4.69) is 10.1 Å². The molecule has 158 valence electrons. The molecule has 0 spiro atoms. The third-order valence-corrected chi connectivity index (χ3v) is 5.02. The number of aromatic nitrogens is 4. The number of unbranched alkanes of at least 4 members (excludes halogenated alkanes) is 1. The summed E-state index contributed by atoms with van der Waals surface area (Å²) >= 11 is 0. The Balaban J connectivity index is 2.06. The summed E-state index contributed by atoms with van der Waals surface area (Å²) in [5.74, 6) is -0.421. The van der Waals surface area contributed by atoms with Crippen LogP contribution in [0.3, 0.4) is 0 Å². The van der Waals surface area contributed by atoms with Crippen LogP contribution in [0, 0.1) is 6.92 Å². The number of aromatic amines is 1. The van der Waals surface area contributed by atoms with E-state index in [0.717, 1.165) is 18.5 Å². The highest BCUT2D eigenvalue weighted by Gasteiger charge is 2.26. The maximum absolute atomic E-state index is 13.3. The number of amides is 1. The van der Waals surface area contributed by atoms with Crippen molar-refractivity contribution in [1.82, 2.24) is 19.3 Å². The monoisotopic (exact) mass is 410 g/mol. The Kier molecular flexibility index (Phi) is 6.20. The first-order chi connectivity index (χ1) is 14.4. The summed E-state index contributed by atoms with van der Waals surface area (Å²) in [6.45, 7) is 6.09. The molecule has 1 amide bonds. The van der Waals surface area contributed by atoms with Crippen LogP contribution in [0.4, 0.5) is 11.5 Å². The zero-order chi connectivity index (χ0) is 21.8. The lowest BCUT2D eigenvalue weighted by Gasteiger charge is -2.23. The minimum atomic E-state index is -0.687. The second kappa shape index (κ2) is 8.81. The first kappa shape index (κ1) is 21.1. The average molecular weight is 410 g/mol. The second-order valence-electron chi connectivity index (χ2n) is 6.94. The standard InChI is InChI=1S/C21H26N6O3/c1-4-6-12-26-18(22)17(19(28)24-21(26)30)25(5-2)20(29)16-13-23-27(14(16)3)15-10-8-7-9-11-15/h7-11,13H,4-6,12,22H2,1-3H3,(H,24,28,30). The maximum atomic E-state index is 13.3. The molecule has 0 radical (unpaired) electrons. The van der Waals surface area contributed by atoms with Crippen LogP contribution in [0.15, 0.2) is 46.1 Å². The Hall–Kier alpha value is -3.62. The number of hydrogen-bond acceptors (Lipinski definition) is 5. The van der Waals surface area contributed by atoms with Gasteiger partial charge in [0.25, 0.3) is 11.5 Å². The number of anilines is 2. The highest BCUT2D eigenvalue weighted by atomic mass is 16.2. The molecule has 0 aliphatic carbocycles. The Bertz CT molecular complexity index is 1160. The smallest absolute Gasteiger partial charge is 0.330 e. The van der Waals surface area contributed by atoms with E-state index in [-0.39, 0.29) is 18.1 Å². The van der Waals surface area contributed by atoms with Gasteiger partial charge in [0.05, 0.1) is 23.1 Å². The molecule has 3 N–H and O–H groups in total. The summed E-state index contributed by atoms with van der Waals surface area (Å²) in [5.41, 5.74) is 6.71. The number of carbonyl (C=O) groups is 1. The summed E-state index contributed by atoms with van der Waals surface area (Å²) in [5, 5.41) is 4.33. The fourth-order valence-corrected chi connectivity index (χ4v) is 3.37. The van der Waals surface area contributed by atoms with Crippen LogP contribution >= 0.6 is 0 Å². The van der Waals surface area contributed by atoms with Crippen LogP contribution in [0.5, 0.6) is 0 Å². The number of benzene rings is 1. The second-order valence-corrected chi connectivity index (χ2v) is 6.94. The molecule has 9 nitrogen and oxygen atoms in total. The van der Waals surface area contributed by atoms with Gasteiger partial charge in [-0.05, 0) is 32.4 Å². The van der Waals surface area contributed by atoms with Crippen LogP contribution < -0.4 is 21.9 Å². The lowest BCUT2D eigenvalue weighted by molar-refractivity contribution is 0.0987. The van der Waals surface area contributed by atoms with Crippen LogP contribution in [0.1, 0.15) is 42.7 Å². The van der Waals surface area contributed by atoms with Crippen molar-refractivity contribution >= 4 is 17.4 Å². The van der Waals surface area contributed by atoms with Crippen LogP contribution in [0.2, 0.25) is 0 Å². The molecule has 9 heteroatoms. The van der Waals surface area contributed by atoms with E-state index in [1.807, 2.05) is 37.3 Å². The first-order valence-electron chi connectivity index (χ1n) is 9.95. The fraction of sp³-hybridized carbons (Fsp3) is 0.333. The molecule has 1 aromatic carbocycles. The molecule has 3 aromatic rings. The molecule has 2 heterocycles. The minimum Gasteiger partial charge on any atom is -0.383 e. The topological polar surface area (TPSA) is 119 Å². The molecular formula is C21H26N6O3. The van der Waals surface area contributed by atoms with Gasteiger partial charge >= 0.3 is 5.69 Å². The predicted octanol–water partition coefficient (Wildman–Crippen LogP) is 2.08. The summed E-state index contributed by atoms with van der Waals surface area (Å²) in [4.78, 5) is 41.7. The number of para-hydroxylation sites is 1. The number of carbonyl (C=O) groups excluding carboxylic acids is 1. The van der Waals surface area contributed by atoms with Crippen LogP contribution in [0.25, 0.3) is 5.69 Å². The summed E-state index contributed by atoms with van der Waals surface area (Å²) in [7, 11) is 0. The number of nitrogens with two attached hydrogens (primary N) is 1. The first-order valence-corrected chi connectivity index (χ1v) is 9.95. The molecule has 0 fully saturated rings. The van der Waals surface area contributed by atoms with Gasteiger partial charge in [-0.1, -0.05) is 31.5 Å². The van der Waals surface area contributed by atoms with Crippen molar-refractivity contribution in [2.45, 2.75) is 40.2 Å². The van der Waals surface area contributed by atoms with Gasteiger partial charge in [-0.2, -0.15) is 5.10 Å². The number of rotatable bonds is 7. The lowest BCUT2D eigenvalue weighted by atomic mass is 10.2. The van der Waals surface area contributed by atoms with Gasteiger partial charge in [0.1, 0.15) is 5.82 Å². The third kappa shape index (κ3) is 3.78. The molecule has 0 atom stereocenters. The molecule has 2 aromatic heterocycles. The van der Waals surface area contributed by atoms with Gasteiger partial charge in [-0.3, -0.25) is 19.1 Å². The Morgan fingerprint density at radius 2 is 1.90 bits per heavy atom. The van der Waals surface area contributed by atoms with Gasteiger partial charge in [0.15, 0.2) is 5.69 Å². The van der Waals surface area contributed by atoms with E-state index < -0.39 is 17.2 Å². The average Bonchev–Trinajstić information content (AvgIpc) is 3.12. The van der Waals surface area contributed by atoms with Crippen molar-refractivity contribution in [2.75, 3.05) is 17.2 Å². The zero-order valence-corrected chi connectivity index (χ0v) is 17.4. The minimum absolute atomic E-state index is 0.0134. The molecule has 0 aliphatic heterocycles. The van der Waals surface area contributed by atoms with Crippen molar-refractivity contribution in [3.05, 3.63) is 68.6 Å². The SMILES string of the molecule is CCCCn1c(N)c(N(CC)C(=O)c2cnn(-c3ccccc3)c2C)c(=O)[nH]c1=O. The van der Waals surface area contributed by atoms with Crippen molar-refractivity contribution < 1.29 is 4.79 Å². The van der Waals surface area contributed by atoms with Gasteiger partial charge < -0.3 is 10.6 Å². The number of hydrogen-bond donors (Lipinski definition) is 2. The normalized spacial score (nSPS) is 10.9. The summed E-state index contributed by atoms with van der Waals surface area (Å²) in [6, 6.07) is 9.44. The molecule has 0 saturated heterocycles. The molecule has 3 rings (SSSR count). The Morgan fingerprint density at radius 1 is 1.20 bits per heavy atom. The van der Waals surface area contributed by atoms with Gasteiger partial charge in [-0.15, -0.1) is 0 Å². The summed E-state index contributed by atoms with van der Waals surface area (Å²) < 4.78 is 2.97. The molecule has 0 aliphatic rings. The van der Waals surface area contributed by atoms with Gasteiger partial charge in [0, 0.05) is 13.1 Å². The number of H-pyrrole nitrogens is 1. The largest absolute Gasteiger partial charge is 0.383 e. The third-order valence-electron chi connectivity index (χ3n) is 5.02. The highest BCUT2D eigenvalue weighted by molar-refractivity contribution is 6.07. The van der Waals surface area contributed by atoms with Gasteiger partial charge in [-0.25, -0.2) is 9.48 Å². The van der Waals surface area contributed by atoms with Crippen molar-refractivity contribution in [1.29, 1.82) is 0 Å². The number of nitrogen functional groups attached to an aromatic ring is 1. The van der Waals surface area contributed by atoms with Gasteiger partial charge in [0.2, 0.25) is 0 Å². The highest BCUT2D eigenvalue weighted by Crippen LogP contribution is 2.22. The zero-order valence-electron chi connectivity index (χ0n) is 17.4. The lowest BCUT2D eigenvalue weighted by Crippen LogP contribution is -2.41. The number of nitrogens with one attached hydrogen (secondary N) is 1. The van der Waals surface area contributed by atoms with E-state index >= 15 is 0 Å². The van der Waals surface area contributed by atoms with Crippen LogP contribution in [-0.2, 0) is 6.54 Å². The predicted molar refractivity (Wildman–Crippen MR) is 116 cm³/mol. The van der Waals surface area contributed by atoms with Crippen molar-refractivity contribution in [3.8, 4) is 5.69 Å². The van der Waals surface area contributed by atoms with E-state index in [4.69, 9.17) is 5.73 Å². The molecule has 30 heavy (non-hydrogen) atoms. The van der Waals surface area contributed by atoms with E-state index in [9.17, 15) is 14.4 Å². The quantitative estimate of drug-likeness (QED) is 0.618. The van der Waals surface area contributed by atoms with E-state index in [1.54, 1.807) is 18.5 Å². The maximum Gasteiger partial charge on any atom is 0.330 e. The van der Waals surface area contributed by atoms with Crippen molar-refractivity contribution in [3.63, 3.8) is 0 Å². The molecule has 0 saturated carbocycles. The molecular weight excluding hydrogens is 384 g/mol. The van der Waals surface area contributed by atoms with E-state index in [0.29, 0.717) is 17.8 Å². The number of nitrogens with zero attached hydrogens (tertiary/aromatic N) is 4. The molecule has 0 bridgehead atoms. The molecule has 0 unspecified atom stereocenters. The Labute approximate surface area is 173 Å². The van der Waals surface area contributed by atoms with Crippen LogP contribution in [-0.4, -0.2) is 31.8 Å². The fourth-order valence-electron chi connectivity index (χ4n) is 3.37.